The van der Waals surface area contributed by atoms with Crippen molar-refractivity contribution in [3.8, 4) is 0 Å². The van der Waals surface area contributed by atoms with Crippen molar-refractivity contribution in [1.82, 2.24) is 0 Å². The van der Waals surface area contributed by atoms with Crippen LogP contribution in [0.3, 0.4) is 0 Å². The topological polar surface area (TPSA) is 90.2 Å². The van der Waals surface area contributed by atoms with E-state index in [0.29, 0.717) is 6.42 Å². The predicted octanol–water partition coefficient (Wildman–Crippen LogP) is 10.4. The summed E-state index contributed by atoms with van der Waals surface area (Å²) in [5, 5.41) is 0. The summed E-state index contributed by atoms with van der Waals surface area (Å²) in [7, 11) is -5.22. The van der Waals surface area contributed by atoms with Crippen molar-refractivity contribution in [1.29, 1.82) is 0 Å². The van der Waals surface area contributed by atoms with Gasteiger partial charge in [0.05, 0.1) is 5.41 Å². The van der Waals surface area contributed by atoms with Gasteiger partial charge in [-0.05, 0) is 88.3 Å². The van der Waals surface area contributed by atoms with Gasteiger partial charge in [-0.15, -0.1) is 75.8 Å². The molecule has 0 heterocycles. The molecule has 0 radical (unpaired) electrons. The molecule has 5 nitrogen and oxygen atoms in total. The highest BCUT2D eigenvalue weighted by Gasteiger charge is 2.58. The van der Waals surface area contributed by atoms with E-state index >= 15 is 0 Å². The van der Waals surface area contributed by atoms with E-state index in [-0.39, 0.29) is 0 Å². The van der Waals surface area contributed by atoms with E-state index < -0.39 is 28.0 Å². The van der Waals surface area contributed by atoms with Crippen molar-refractivity contribution >= 4 is 93.0 Å². The van der Waals surface area contributed by atoms with Crippen molar-refractivity contribution in [3.63, 3.8) is 0 Å². The van der Waals surface area contributed by atoms with Crippen LogP contribution in [0.2, 0.25) is 0 Å². The average Bonchev–Trinajstić information content (AvgIpc) is 3.11. The minimum atomic E-state index is -2.61. The Morgan fingerprint density at radius 1 is 0.423 bits per heavy atom. The molecular weight excluding hydrogens is 803 g/mol. The van der Waals surface area contributed by atoms with Gasteiger partial charge in [0.2, 0.25) is 0 Å². The lowest BCUT2D eigenvalue weighted by atomic mass is 9.47. The van der Waals surface area contributed by atoms with Gasteiger partial charge in [-0.1, -0.05) is 97.1 Å². The van der Waals surface area contributed by atoms with Gasteiger partial charge in [-0.25, -0.2) is 4.31 Å². The first-order chi connectivity index (χ1) is 24.9. The lowest BCUT2D eigenvalue weighted by Crippen LogP contribution is -2.54. The minimum Gasteiger partial charge on any atom is -0.328 e. The summed E-state index contributed by atoms with van der Waals surface area (Å²) >= 11 is 30.1. The van der Waals surface area contributed by atoms with E-state index in [1.54, 1.807) is 0 Å². The second kappa shape index (κ2) is 18.6. The summed E-state index contributed by atoms with van der Waals surface area (Å²) < 4.78 is 3.60. The zero-order chi connectivity index (χ0) is 37.5. The number of rotatable bonds is 10. The maximum absolute atomic E-state index is 7.82. The lowest BCUT2D eigenvalue weighted by molar-refractivity contribution is 0.324. The first-order valence-electron chi connectivity index (χ1n) is 15.7. The highest BCUT2D eigenvalue weighted by Crippen LogP contribution is 2.61. The molecule has 0 aliphatic heterocycles. The third kappa shape index (κ3) is 8.79. The van der Waals surface area contributed by atoms with E-state index in [0.717, 1.165) is 62.8 Å². The molecule has 0 amide bonds. The fourth-order valence-electron chi connectivity index (χ4n) is 6.94. The molecule has 4 N–H and O–H groups in total. The zero-order valence-corrected chi connectivity index (χ0v) is 34.5. The normalized spacial score (nSPS) is 11.8. The van der Waals surface area contributed by atoms with Crippen LogP contribution in [0.25, 0.3) is 0 Å². The summed E-state index contributed by atoms with van der Waals surface area (Å²) in [6, 6.07) is 50.6. The van der Waals surface area contributed by atoms with Gasteiger partial charge < -0.3 is 19.6 Å². The molecule has 0 saturated carbocycles. The first kappa shape index (κ1) is 41.2. The van der Waals surface area contributed by atoms with E-state index in [1.807, 2.05) is 24.3 Å². The number of benzene rings is 6. The van der Waals surface area contributed by atoms with Crippen LogP contribution in [-0.2, 0) is 21.6 Å². The number of hydrogen-bond donors (Lipinski definition) is 10. The standard InChI is InChI=1S/C39H32S6.H4O5P2/c40-29-21-17-27(18-22-29)38(28-19-23-30(41)24-20-28,25-26-9-1-5-13-34(26)42)39(31-10-2-6-14-35(31)43,32-11-3-7-15-36(32)44)33-12-4-8-16-37(33)45;1-6(2)5-7(3)4/h1-24,40-45H,25H2;1-4H. The summed E-state index contributed by atoms with van der Waals surface area (Å²) in [6.45, 7) is 0. The SMILES string of the molecule is OP(O)OP(O)O.Sc1ccc(C(Cc2ccccc2S)(c2ccc(S)cc2)C(c2ccccc2S)(c2ccccc2S)c2ccccc2S)cc1. The quantitative estimate of drug-likeness (QED) is 0.0386. The summed E-state index contributed by atoms with van der Waals surface area (Å²) in [5.74, 6) is 0. The van der Waals surface area contributed by atoms with E-state index in [2.05, 4.69) is 126 Å². The Morgan fingerprint density at radius 3 is 1.06 bits per heavy atom. The molecule has 0 fully saturated rings. The fourth-order valence-corrected chi connectivity index (χ4v) is 8.98. The van der Waals surface area contributed by atoms with Crippen molar-refractivity contribution in [2.45, 2.75) is 46.6 Å². The molecule has 0 bridgehead atoms. The van der Waals surface area contributed by atoms with Gasteiger partial charge in [-0.2, -0.15) is 0 Å². The van der Waals surface area contributed by atoms with E-state index in [9.17, 15) is 0 Å². The van der Waals surface area contributed by atoms with Gasteiger partial charge in [0.15, 0.2) is 0 Å². The Balaban J connectivity index is 0.000000679. The highest BCUT2D eigenvalue weighted by molar-refractivity contribution is 7.81. The fraction of sp³-hybridized carbons (Fsp3) is 0.0769. The molecule has 6 aromatic rings. The zero-order valence-electron chi connectivity index (χ0n) is 27.3. The smallest absolute Gasteiger partial charge is 0.328 e. The molecule has 0 atom stereocenters. The molecular formula is C39H36O5P2S6. The van der Waals surface area contributed by atoms with E-state index in [4.69, 9.17) is 95.3 Å². The minimum absolute atomic E-state index is 0.594. The lowest BCUT2D eigenvalue weighted by Gasteiger charge is -2.54. The number of hydrogen-bond acceptors (Lipinski definition) is 11. The van der Waals surface area contributed by atoms with Crippen LogP contribution >= 0.6 is 93.0 Å². The van der Waals surface area contributed by atoms with Crippen molar-refractivity contribution in [3.05, 3.63) is 179 Å². The third-order valence-electron chi connectivity index (χ3n) is 8.88. The predicted molar refractivity (Wildman–Crippen MR) is 230 cm³/mol. The Morgan fingerprint density at radius 2 is 0.750 bits per heavy atom. The van der Waals surface area contributed by atoms with Crippen molar-refractivity contribution in [2.24, 2.45) is 0 Å². The second-order valence-electron chi connectivity index (χ2n) is 11.7. The molecule has 268 valence electrons. The summed E-state index contributed by atoms with van der Waals surface area (Å²) in [4.78, 5) is 36.6. The Kier molecular flexibility index (Phi) is 14.8. The largest absolute Gasteiger partial charge is 0.334 e. The highest BCUT2D eigenvalue weighted by atomic mass is 32.1. The molecule has 0 aromatic heterocycles. The number of thiol groups is 6. The Labute approximate surface area is 340 Å². The first-order valence-corrected chi connectivity index (χ1v) is 20.7. The second-order valence-corrected chi connectivity index (χ2v) is 16.3. The van der Waals surface area contributed by atoms with Crippen molar-refractivity contribution < 1.29 is 23.9 Å². The molecule has 0 spiro atoms. The van der Waals surface area contributed by atoms with Gasteiger partial charge in [-0.3, -0.25) is 0 Å². The summed E-state index contributed by atoms with van der Waals surface area (Å²) in [5.41, 5.74) is 4.73. The van der Waals surface area contributed by atoms with Gasteiger partial charge in [0.25, 0.3) is 0 Å². The molecule has 52 heavy (non-hydrogen) atoms. The van der Waals surface area contributed by atoms with Crippen LogP contribution in [0.5, 0.6) is 0 Å². The van der Waals surface area contributed by atoms with Gasteiger partial charge in [0, 0.05) is 34.8 Å². The monoisotopic (exact) mass is 838 g/mol. The maximum atomic E-state index is 7.82. The summed E-state index contributed by atoms with van der Waals surface area (Å²) in [6.07, 6.45) is 0.594. The molecule has 6 rings (SSSR count). The van der Waals surface area contributed by atoms with E-state index in [1.165, 1.54) is 0 Å². The molecule has 0 aliphatic carbocycles. The van der Waals surface area contributed by atoms with Crippen LogP contribution < -0.4 is 0 Å². The van der Waals surface area contributed by atoms with Crippen LogP contribution in [-0.4, -0.2) is 19.6 Å². The molecule has 0 aliphatic rings. The molecule has 13 heteroatoms. The van der Waals surface area contributed by atoms with Gasteiger partial charge in [0.1, 0.15) is 0 Å². The van der Waals surface area contributed by atoms with Crippen LogP contribution in [0.4, 0.5) is 0 Å². The van der Waals surface area contributed by atoms with Crippen molar-refractivity contribution in [2.75, 3.05) is 0 Å². The third-order valence-corrected chi connectivity index (χ3v) is 12.2. The molecule has 6 aromatic carbocycles. The van der Waals surface area contributed by atoms with Gasteiger partial charge >= 0.3 is 17.2 Å². The van der Waals surface area contributed by atoms with Crippen LogP contribution in [0, 0.1) is 0 Å². The van der Waals surface area contributed by atoms with Crippen LogP contribution in [0.15, 0.2) is 175 Å². The maximum Gasteiger partial charge on any atom is 0.334 e. The molecule has 0 saturated heterocycles. The Hall–Kier alpha value is -1.92. The van der Waals surface area contributed by atoms with Crippen LogP contribution in [0.1, 0.15) is 33.4 Å². The Bertz CT molecular complexity index is 1940. The average molecular weight is 839 g/mol. The molecule has 0 unspecified atom stereocenters.